The minimum atomic E-state index is -0.599. The van der Waals surface area contributed by atoms with E-state index in [-0.39, 0.29) is 29.4 Å². The zero-order valence-electron chi connectivity index (χ0n) is 16.8. The van der Waals surface area contributed by atoms with Gasteiger partial charge in [-0.2, -0.15) is 0 Å². The van der Waals surface area contributed by atoms with Crippen molar-refractivity contribution in [2.75, 3.05) is 33.3 Å². The summed E-state index contributed by atoms with van der Waals surface area (Å²) >= 11 is 0. The summed E-state index contributed by atoms with van der Waals surface area (Å²) in [5, 5.41) is 0. The van der Waals surface area contributed by atoms with Crippen LogP contribution in [0.4, 0.5) is 5.69 Å². The third-order valence-corrected chi connectivity index (χ3v) is 4.53. The molecule has 1 heterocycles. The molecule has 0 unspecified atom stereocenters. The van der Waals surface area contributed by atoms with E-state index in [0.29, 0.717) is 28.4 Å². The minimum Gasteiger partial charge on any atom is -0.493 e. The number of aromatic amines is 1. The molecule has 2 rings (SSSR count). The third kappa shape index (κ3) is 4.00. The molecule has 0 spiro atoms. The van der Waals surface area contributed by atoms with Gasteiger partial charge in [0.1, 0.15) is 0 Å². The maximum atomic E-state index is 12.8. The van der Waals surface area contributed by atoms with E-state index in [1.54, 1.807) is 32.2 Å². The molecule has 8 heteroatoms. The Morgan fingerprint density at radius 3 is 2.25 bits per heavy atom. The summed E-state index contributed by atoms with van der Waals surface area (Å²) in [6.07, 6.45) is -0.108. The van der Waals surface area contributed by atoms with Gasteiger partial charge in [0.05, 0.1) is 39.0 Å². The van der Waals surface area contributed by atoms with E-state index >= 15 is 0 Å². The van der Waals surface area contributed by atoms with Crippen molar-refractivity contribution in [1.82, 2.24) is 4.98 Å². The number of Topliss-reactive ketones (excluding diaryl/α,β-unsaturated/α-hetero) is 1. The monoisotopic (exact) mass is 388 g/mol. The molecule has 0 saturated carbocycles. The predicted molar refractivity (Wildman–Crippen MR) is 104 cm³/mol. The van der Waals surface area contributed by atoms with Crippen LogP contribution < -0.4 is 14.4 Å². The largest absolute Gasteiger partial charge is 0.493 e. The number of ketones is 1. The fourth-order valence-corrected chi connectivity index (χ4v) is 2.97. The highest BCUT2D eigenvalue weighted by atomic mass is 16.5. The molecule has 0 bridgehead atoms. The van der Waals surface area contributed by atoms with Crippen LogP contribution in [-0.4, -0.2) is 51.0 Å². The number of hydrogen-bond donors (Lipinski definition) is 1. The van der Waals surface area contributed by atoms with Gasteiger partial charge < -0.3 is 24.1 Å². The lowest BCUT2D eigenvalue weighted by molar-refractivity contribution is -0.117. The second kappa shape index (κ2) is 8.60. The molecular formula is C20H24N2O6. The molecule has 8 nitrogen and oxygen atoms in total. The number of anilines is 1. The van der Waals surface area contributed by atoms with Crippen LogP contribution in [-0.2, 0) is 16.0 Å². The number of esters is 1. The van der Waals surface area contributed by atoms with Crippen molar-refractivity contribution < 1.29 is 28.6 Å². The Bertz CT molecular complexity index is 916. The van der Waals surface area contributed by atoms with Gasteiger partial charge in [-0.3, -0.25) is 9.59 Å². The van der Waals surface area contributed by atoms with Crippen LogP contribution in [0.5, 0.6) is 11.5 Å². The highest BCUT2D eigenvalue weighted by Crippen LogP contribution is 2.31. The maximum absolute atomic E-state index is 12.8. The second-order valence-corrected chi connectivity index (χ2v) is 6.20. The number of carbonyl (C=O) groups is 3. The fraction of sp³-hybridized carbons (Fsp3) is 0.350. The molecule has 0 aliphatic carbocycles. The van der Waals surface area contributed by atoms with Gasteiger partial charge in [-0.05, 0) is 24.6 Å². The fourth-order valence-electron chi connectivity index (χ4n) is 2.97. The predicted octanol–water partition coefficient (Wildman–Crippen LogP) is 2.54. The minimum absolute atomic E-state index is 0.108. The number of carbonyl (C=O) groups excluding carboxylic acids is 3. The lowest BCUT2D eigenvalue weighted by Gasteiger charge is -2.19. The Balaban J connectivity index is 2.35. The Hall–Kier alpha value is -3.29. The molecule has 1 N–H and O–H groups in total. The molecule has 1 aromatic heterocycles. The molecule has 28 heavy (non-hydrogen) atoms. The van der Waals surface area contributed by atoms with Crippen molar-refractivity contribution in [3.63, 3.8) is 0 Å². The first-order valence-electron chi connectivity index (χ1n) is 8.54. The smallest absolute Gasteiger partial charge is 0.339 e. The van der Waals surface area contributed by atoms with Crippen LogP contribution in [0.25, 0.3) is 0 Å². The SMILES string of the molecule is COC(=O)c1c(CC(=O)N(C)c2ccc(OC)c(OC)c2)[nH]c(C(C)=O)c1C. The number of amides is 1. The van der Waals surface area contributed by atoms with Crippen LogP contribution in [0.2, 0.25) is 0 Å². The Morgan fingerprint density at radius 1 is 1.07 bits per heavy atom. The standard InChI is InChI=1S/C20H24N2O6/c1-11-18(20(25)28-6)14(21-19(11)12(2)23)10-17(24)22(3)13-7-8-15(26-4)16(9-13)27-5/h7-9,21H,10H2,1-6H3. The van der Waals surface area contributed by atoms with E-state index in [1.165, 1.54) is 33.2 Å². The summed E-state index contributed by atoms with van der Waals surface area (Å²) in [5.41, 5.74) is 1.90. The number of likely N-dealkylation sites (N-methyl/N-ethyl adjacent to an activating group) is 1. The first kappa shape index (κ1) is 21.0. The molecule has 150 valence electrons. The number of methoxy groups -OCH3 is 3. The van der Waals surface area contributed by atoms with Crippen molar-refractivity contribution in [3.05, 3.63) is 40.7 Å². The molecule has 0 fully saturated rings. The van der Waals surface area contributed by atoms with Gasteiger partial charge in [0.2, 0.25) is 5.91 Å². The molecule has 0 radical (unpaired) electrons. The van der Waals surface area contributed by atoms with Gasteiger partial charge >= 0.3 is 5.97 Å². The summed E-state index contributed by atoms with van der Waals surface area (Å²) in [7, 11) is 5.91. The Kier molecular flexibility index (Phi) is 6.45. The average Bonchev–Trinajstić information content (AvgIpc) is 3.02. The van der Waals surface area contributed by atoms with Crippen LogP contribution in [0.3, 0.4) is 0 Å². The average molecular weight is 388 g/mol. The zero-order valence-corrected chi connectivity index (χ0v) is 16.8. The highest BCUT2D eigenvalue weighted by molar-refractivity contribution is 6.02. The Morgan fingerprint density at radius 2 is 1.71 bits per heavy atom. The number of benzene rings is 1. The van der Waals surface area contributed by atoms with Gasteiger partial charge in [0.15, 0.2) is 17.3 Å². The van der Waals surface area contributed by atoms with E-state index in [0.717, 1.165) is 0 Å². The van der Waals surface area contributed by atoms with Gasteiger partial charge in [-0.25, -0.2) is 4.79 Å². The topological polar surface area (TPSA) is 97.9 Å². The lowest BCUT2D eigenvalue weighted by atomic mass is 10.1. The molecule has 0 aliphatic heterocycles. The molecule has 0 saturated heterocycles. The summed E-state index contributed by atoms with van der Waals surface area (Å²) in [5.74, 6) is -0.0724. The van der Waals surface area contributed by atoms with E-state index in [2.05, 4.69) is 4.98 Å². The van der Waals surface area contributed by atoms with Gasteiger partial charge in [-0.15, -0.1) is 0 Å². The van der Waals surface area contributed by atoms with Crippen LogP contribution in [0, 0.1) is 6.92 Å². The van der Waals surface area contributed by atoms with Crippen LogP contribution in [0.15, 0.2) is 18.2 Å². The van der Waals surface area contributed by atoms with E-state index in [9.17, 15) is 14.4 Å². The van der Waals surface area contributed by atoms with E-state index in [4.69, 9.17) is 14.2 Å². The maximum Gasteiger partial charge on any atom is 0.339 e. The number of H-pyrrole nitrogens is 1. The first-order valence-corrected chi connectivity index (χ1v) is 8.54. The van der Waals surface area contributed by atoms with Crippen molar-refractivity contribution in [2.24, 2.45) is 0 Å². The molecule has 1 aromatic carbocycles. The van der Waals surface area contributed by atoms with Crippen LogP contribution >= 0.6 is 0 Å². The first-order chi connectivity index (χ1) is 13.2. The quantitative estimate of drug-likeness (QED) is 0.578. The molecule has 1 amide bonds. The molecule has 2 aromatic rings. The van der Waals surface area contributed by atoms with Crippen molar-refractivity contribution in [3.8, 4) is 11.5 Å². The van der Waals surface area contributed by atoms with E-state index < -0.39 is 5.97 Å². The summed E-state index contributed by atoms with van der Waals surface area (Å²) in [4.78, 5) is 41.1. The lowest BCUT2D eigenvalue weighted by Crippen LogP contribution is -2.28. The normalized spacial score (nSPS) is 10.4. The number of ether oxygens (including phenoxy) is 3. The van der Waals surface area contributed by atoms with Gasteiger partial charge in [-0.1, -0.05) is 0 Å². The summed E-state index contributed by atoms with van der Waals surface area (Å²) in [6.45, 7) is 3.03. The summed E-state index contributed by atoms with van der Waals surface area (Å²) < 4.78 is 15.3. The second-order valence-electron chi connectivity index (χ2n) is 6.20. The third-order valence-electron chi connectivity index (χ3n) is 4.53. The van der Waals surface area contributed by atoms with Crippen molar-refractivity contribution in [1.29, 1.82) is 0 Å². The van der Waals surface area contributed by atoms with Gasteiger partial charge in [0, 0.05) is 31.4 Å². The molecular weight excluding hydrogens is 364 g/mol. The zero-order chi connectivity index (χ0) is 21.0. The van der Waals surface area contributed by atoms with E-state index in [1.807, 2.05) is 0 Å². The number of aromatic nitrogens is 1. The van der Waals surface area contributed by atoms with Gasteiger partial charge in [0.25, 0.3) is 0 Å². The van der Waals surface area contributed by atoms with Crippen molar-refractivity contribution >= 4 is 23.3 Å². The van der Waals surface area contributed by atoms with Crippen molar-refractivity contribution in [2.45, 2.75) is 20.3 Å². The number of nitrogens with one attached hydrogen (secondary N) is 1. The Labute approximate surface area is 163 Å². The molecule has 0 aliphatic rings. The van der Waals surface area contributed by atoms with Crippen LogP contribution in [0.1, 0.15) is 39.0 Å². The number of hydrogen-bond acceptors (Lipinski definition) is 6. The summed E-state index contributed by atoms with van der Waals surface area (Å²) in [6, 6.07) is 5.10. The number of nitrogens with zero attached hydrogens (tertiary/aromatic N) is 1. The molecule has 0 atom stereocenters. The highest BCUT2D eigenvalue weighted by Gasteiger charge is 2.25. The number of rotatable bonds is 7.